The molecule has 0 atom stereocenters. The molecule has 4 nitrogen and oxygen atoms in total. The van der Waals surface area contributed by atoms with Gasteiger partial charge in [-0.15, -0.1) is 0 Å². The Labute approximate surface area is 81.6 Å². The summed E-state index contributed by atoms with van der Waals surface area (Å²) in [6.45, 7) is 3.15. The fraction of sp³-hybridized carbons (Fsp3) is 0.200. The second kappa shape index (κ2) is 3.91. The Balaban J connectivity index is 3.07. The number of carbonyl (C=O) groups is 2. The van der Waals surface area contributed by atoms with Gasteiger partial charge in [-0.25, -0.2) is 4.79 Å². The molecule has 0 radical (unpaired) electrons. The van der Waals surface area contributed by atoms with Crippen LogP contribution in [0, 0.1) is 6.92 Å². The molecule has 1 aromatic rings. The summed E-state index contributed by atoms with van der Waals surface area (Å²) in [6.07, 6.45) is 0. The molecular weight excluding hydrogens is 182 g/mol. The molecule has 0 spiro atoms. The van der Waals surface area contributed by atoms with Gasteiger partial charge in [0.1, 0.15) is 0 Å². The monoisotopic (exact) mass is 193 g/mol. The van der Waals surface area contributed by atoms with E-state index < -0.39 is 5.97 Å². The minimum Gasteiger partial charge on any atom is -0.478 e. The van der Waals surface area contributed by atoms with Crippen LogP contribution in [0.25, 0.3) is 0 Å². The van der Waals surface area contributed by atoms with Gasteiger partial charge in [0.2, 0.25) is 5.91 Å². The van der Waals surface area contributed by atoms with E-state index in [0.29, 0.717) is 5.69 Å². The van der Waals surface area contributed by atoms with Crippen LogP contribution in [-0.4, -0.2) is 17.0 Å². The summed E-state index contributed by atoms with van der Waals surface area (Å²) < 4.78 is 0. The average molecular weight is 193 g/mol. The third-order valence-electron chi connectivity index (χ3n) is 1.64. The van der Waals surface area contributed by atoms with Gasteiger partial charge in [0.15, 0.2) is 0 Å². The van der Waals surface area contributed by atoms with Gasteiger partial charge in [0.25, 0.3) is 0 Å². The molecule has 0 aliphatic rings. The van der Waals surface area contributed by atoms with E-state index in [-0.39, 0.29) is 11.5 Å². The van der Waals surface area contributed by atoms with E-state index in [9.17, 15) is 9.59 Å². The highest BCUT2D eigenvalue weighted by Crippen LogP contribution is 2.14. The van der Waals surface area contributed by atoms with Gasteiger partial charge in [0, 0.05) is 12.6 Å². The molecule has 74 valence electrons. The molecule has 0 saturated heterocycles. The zero-order valence-electron chi connectivity index (χ0n) is 8.00. The summed E-state index contributed by atoms with van der Waals surface area (Å²) in [5, 5.41) is 11.3. The fourth-order valence-corrected chi connectivity index (χ4v) is 1.18. The van der Waals surface area contributed by atoms with Crippen LogP contribution in [0.1, 0.15) is 22.8 Å². The van der Waals surface area contributed by atoms with Gasteiger partial charge < -0.3 is 10.4 Å². The third kappa shape index (κ3) is 2.58. The van der Waals surface area contributed by atoms with Crippen LogP contribution >= 0.6 is 0 Å². The number of amides is 1. The first-order valence-corrected chi connectivity index (χ1v) is 4.11. The first kappa shape index (κ1) is 10.2. The van der Waals surface area contributed by atoms with Crippen molar-refractivity contribution in [2.24, 2.45) is 0 Å². The highest BCUT2D eigenvalue weighted by atomic mass is 16.4. The topological polar surface area (TPSA) is 66.4 Å². The van der Waals surface area contributed by atoms with E-state index in [1.165, 1.54) is 13.0 Å². The number of hydrogen-bond acceptors (Lipinski definition) is 2. The van der Waals surface area contributed by atoms with Crippen molar-refractivity contribution in [2.75, 3.05) is 5.32 Å². The summed E-state index contributed by atoms with van der Waals surface area (Å²) in [5.41, 5.74) is 1.48. The molecule has 0 aliphatic carbocycles. The van der Waals surface area contributed by atoms with Crippen LogP contribution in [0.5, 0.6) is 0 Å². The SMILES string of the molecule is CC(=O)Nc1cc(C)cc(C(=O)O)c1. The molecule has 0 unspecified atom stereocenters. The van der Waals surface area contributed by atoms with E-state index in [1.54, 1.807) is 19.1 Å². The molecule has 14 heavy (non-hydrogen) atoms. The van der Waals surface area contributed by atoms with E-state index in [1.807, 2.05) is 0 Å². The van der Waals surface area contributed by atoms with Crippen LogP contribution in [0.15, 0.2) is 18.2 Å². The summed E-state index contributed by atoms with van der Waals surface area (Å²) in [4.78, 5) is 21.4. The van der Waals surface area contributed by atoms with Gasteiger partial charge in [-0.05, 0) is 30.7 Å². The van der Waals surface area contributed by atoms with E-state index >= 15 is 0 Å². The zero-order chi connectivity index (χ0) is 10.7. The smallest absolute Gasteiger partial charge is 0.335 e. The number of rotatable bonds is 2. The van der Waals surface area contributed by atoms with Crippen molar-refractivity contribution in [2.45, 2.75) is 13.8 Å². The second-order valence-electron chi connectivity index (χ2n) is 3.07. The van der Waals surface area contributed by atoms with Gasteiger partial charge >= 0.3 is 5.97 Å². The van der Waals surface area contributed by atoms with Gasteiger partial charge in [0.05, 0.1) is 5.56 Å². The van der Waals surface area contributed by atoms with Crippen LogP contribution in [0.4, 0.5) is 5.69 Å². The first-order valence-electron chi connectivity index (χ1n) is 4.11. The minimum absolute atomic E-state index is 0.175. The lowest BCUT2D eigenvalue weighted by Gasteiger charge is -2.04. The number of benzene rings is 1. The Morgan fingerprint density at radius 3 is 2.43 bits per heavy atom. The summed E-state index contributed by atoms with van der Waals surface area (Å²) in [5.74, 6) is -1.22. The van der Waals surface area contributed by atoms with Gasteiger partial charge in [-0.3, -0.25) is 4.79 Å². The van der Waals surface area contributed by atoms with Crippen LogP contribution in [0.3, 0.4) is 0 Å². The Hall–Kier alpha value is -1.84. The predicted molar refractivity (Wildman–Crippen MR) is 52.4 cm³/mol. The summed E-state index contributed by atoms with van der Waals surface area (Å²) in [6, 6.07) is 4.69. The van der Waals surface area contributed by atoms with E-state index in [2.05, 4.69) is 5.32 Å². The molecule has 0 aliphatic heterocycles. The number of aryl methyl sites for hydroxylation is 1. The van der Waals surface area contributed by atoms with Crippen molar-refractivity contribution in [3.8, 4) is 0 Å². The average Bonchev–Trinajstić information content (AvgIpc) is 2.01. The van der Waals surface area contributed by atoms with Crippen LogP contribution in [0.2, 0.25) is 0 Å². The number of nitrogens with one attached hydrogen (secondary N) is 1. The number of carbonyl (C=O) groups excluding carboxylic acids is 1. The summed E-state index contributed by atoms with van der Waals surface area (Å²) in [7, 11) is 0. The molecule has 2 N–H and O–H groups in total. The molecule has 0 aromatic heterocycles. The first-order chi connectivity index (χ1) is 6.49. The van der Waals surface area contributed by atoms with Crippen molar-refractivity contribution in [1.82, 2.24) is 0 Å². The number of anilines is 1. The normalized spacial score (nSPS) is 9.57. The maximum absolute atomic E-state index is 10.7. The Morgan fingerprint density at radius 2 is 1.93 bits per heavy atom. The van der Waals surface area contributed by atoms with Gasteiger partial charge in [-0.1, -0.05) is 0 Å². The lowest BCUT2D eigenvalue weighted by atomic mass is 10.1. The largest absolute Gasteiger partial charge is 0.478 e. The second-order valence-corrected chi connectivity index (χ2v) is 3.07. The molecule has 0 bridgehead atoms. The van der Waals surface area contributed by atoms with Crippen molar-refractivity contribution >= 4 is 17.6 Å². The maximum atomic E-state index is 10.7. The lowest BCUT2D eigenvalue weighted by Crippen LogP contribution is -2.07. The number of aromatic carboxylic acids is 1. The van der Waals surface area contributed by atoms with Crippen molar-refractivity contribution < 1.29 is 14.7 Å². The Kier molecular flexibility index (Phi) is 2.86. The van der Waals surface area contributed by atoms with Gasteiger partial charge in [-0.2, -0.15) is 0 Å². The minimum atomic E-state index is -1.000. The standard InChI is InChI=1S/C10H11NO3/c1-6-3-8(10(13)14)5-9(4-6)11-7(2)12/h3-5H,1-2H3,(H,11,12)(H,13,14). The molecular formula is C10H11NO3. The molecule has 1 aromatic carbocycles. The number of carboxylic acid groups (broad SMARTS) is 1. The van der Waals surface area contributed by atoms with E-state index in [0.717, 1.165) is 5.56 Å². The highest BCUT2D eigenvalue weighted by Gasteiger charge is 2.05. The summed E-state index contributed by atoms with van der Waals surface area (Å²) >= 11 is 0. The van der Waals surface area contributed by atoms with E-state index in [4.69, 9.17) is 5.11 Å². The van der Waals surface area contributed by atoms with Crippen molar-refractivity contribution in [3.05, 3.63) is 29.3 Å². The third-order valence-corrected chi connectivity index (χ3v) is 1.64. The molecule has 1 rings (SSSR count). The molecule has 0 saturated carbocycles. The maximum Gasteiger partial charge on any atom is 0.335 e. The van der Waals surface area contributed by atoms with Crippen molar-refractivity contribution in [1.29, 1.82) is 0 Å². The lowest BCUT2D eigenvalue weighted by molar-refractivity contribution is -0.114. The molecule has 0 heterocycles. The quantitative estimate of drug-likeness (QED) is 0.750. The molecule has 1 amide bonds. The van der Waals surface area contributed by atoms with Crippen molar-refractivity contribution in [3.63, 3.8) is 0 Å². The fourth-order valence-electron chi connectivity index (χ4n) is 1.18. The molecule has 0 fully saturated rings. The van der Waals surface area contributed by atoms with Crippen LogP contribution < -0.4 is 5.32 Å². The number of carboxylic acids is 1. The zero-order valence-corrected chi connectivity index (χ0v) is 8.00. The number of hydrogen-bond donors (Lipinski definition) is 2. The molecule has 4 heteroatoms. The predicted octanol–water partition coefficient (Wildman–Crippen LogP) is 1.65. The highest BCUT2D eigenvalue weighted by molar-refractivity contribution is 5.93. The Morgan fingerprint density at radius 1 is 1.29 bits per heavy atom. The van der Waals surface area contributed by atoms with Crippen LogP contribution in [-0.2, 0) is 4.79 Å². The Bertz CT molecular complexity index is 385.